The smallest absolute Gasteiger partial charge is 0.303 e. The molecule has 5 nitrogen and oxygen atoms in total. The molecule has 1 amide bonds. The van der Waals surface area contributed by atoms with E-state index in [1.165, 1.54) is 30.4 Å². The highest BCUT2D eigenvalue weighted by atomic mass is 32.2. The van der Waals surface area contributed by atoms with Gasteiger partial charge in [-0.1, -0.05) is 0 Å². The molecule has 7 heteroatoms. The lowest BCUT2D eigenvalue weighted by Crippen LogP contribution is -2.21. The van der Waals surface area contributed by atoms with Crippen LogP contribution in [0.2, 0.25) is 0 Å². The number of hydrogen-bond donors (Lipinski definition) is 1. The van der Waals surface area contributed by atoms with E-state index in [9.17, 15) is 9.59 Å². The van der Waals surface area contributed by atoms with Crippen LogP contribution in [0.4, 0.5) is 5.69 Å². The van der Waals surface area contributed by atoms with Gasteiger partial charge < -0.3 is 10.1 Å². The Morgan fingerprint density at radius 3 is 2.58 bits per heavy atom. The van der Waals surface area contributed by atoms with Crippen LogP contribution >= 0.6 is 23.5 Å². The topological polar surface area (TPSA) is 68.3 Å². The van der Waals surface area contributed by atoms with E-state index in [1.807, 2.05) is 25.5 Å². The van der Waals surface area contributed by atoms with Crippen LogP contribution in [0, 0.1) is 6.92 Å². The van der Waals surface area contributed by atoms with Crippen LogP contribution in [0.3, 0.4) is 0 Å². The number of anilines is 1. The van der Waals surface area contributed by atoms with Crippen molar-refractivity contribution in [1.29, 1.82) is 0 Å². The zero-order valence-electron chi connectivity index (χ0n) is 11.3. The predicted molar refractivity (Wildman–Crippen MR) is 77.8 cm³/mol. The summed E-state index contributed by atoms with van der Waals surface area (Å²) < 4.78 is 4.66. The van der Waals surface area contributed by atoms with Crippen molar-refractivity contribution in [3.05, 3.63) is 11.8 Å². The molecule has 0 fully saturated rings. The van der Waals surface area contributed by atoms with E-state index in [0.29, 0.717) is 5.69 Å². The van der Waals surface area contributed by atoms with Gasteiger partial charge in [-0.25, -0.2) is 4.98 Å². The number of aryl methyl sites for hydroxylation is 1. The molecule has 1 rings (SSSR count). The van der Waals surface area contributed by atoms with Gasteiger partial charge in [0.25, 0.3) is 5.91 Å². The summed E-state index contributed by atoms with van der Waals surface area (Å²) in [6.45, 7) is 2.89. The molecular weight excluding hydrogens is 284 g/mol. The molecular formula is C12H16N2O3S2. The number of nitrogens with one attached hydrogen (secondary N) is 1. The third-order valence-electron chi connectivity index (χ3n) is 2.16. The van der Waals surface area contributed by atoms with Crippen LogP contribution in [0.25, 0.3) is 0 Å². The van der Waals surface area contributed by atoms with Crippen molar-refractivity contribution in [2.75, 3.05) is 24.4 Å². The Bertz CT molecular complexity index is 467. The molecule has 0 saturated carbocycles. The lowest BCUT2D eigenvalue weighted by atomic mass is 10.3. The predicted octanol–water partition coefficient (Wildman–Crippen LogP) is 2.34. The van der Waals surface area contributed by atoms with Gasteiger partial charge in [-0.05, 0) is 25.5 Å². The number of ether oxygens (including phenoxy) is 1. The second kappa shape index (κ2) is 7.40. The van der Waals surface area contributed by atoms with Crippen molar-refractivity contribution in [2.45, 2.75) is 23.8 Å². The fourth-order valence-corrected chi connectivity index (χ4v) is 2.69. The lowest BCUT2D eigenvalue weighted by molar-refractivity contribution is -0.144. The van der Waals surface area contributed by atoms with Gasteiger partial charge in [-0.15, -0.1) is 23.5 Å². The average Bonchev–Trinajstić information content (AvgIpc) is 2.37. The van der Waals surface area contributed by atoms with Crippen molar-refractivity contribution in [2.24, 2.45) is 0 Å². The number of carbonyl (C=O) groups is 2. The van der Waals surface area contributed by atoms with Crippen molar-refractivity contribution in [3.8, 4) is 0 Å². The van der Waals surface area contributed by atoms with Gasteiger partial charge in [0.2, 0.25) is 0 Å². The van der Waals surface area contributed by atoms with Crippen molar-refractivity contribution in [1.82, 2.24) is 4.98 Å². The van der Waals surface area contributed by atoms with Crippen LogP contribution < -0.4 is 5.32 Å². The molecule has 0 aliphatic heterocycles. The molecule has 19 heavy (non-hydrogen) atoms. The Morgan fingerprint density at radius 1 is 1.37 bits per heavy atom. The van der Waals surface area contributed by atoms with Gasteiger partial charge in [0.1, 0.15) is 5.03 Å². The minimum Gasteiger partial charge on any atom is -0.456 e. The van der Waals surface area contributed by atoms with Gasteiger partial charge in [0, 0.05) is 17.5 Å². The molecule has 1 heterocycles. The van der Waals surface area contributed by atoms with E-state index in [1.54, 1.807) is 0 Å². The van der Waals surface area contributed by atoms with Crippen LogP contribution in [-0.4, -0.2) is 36.0 Å². The quantitative estimate of drug-likeness (QED) is 0.665. The van der Waals surface area contributed by atoms with Gasteiger partial charge in [-0.2, -0.15) is 0 Å². The summed E-state index contributed by atoms with van der Waals surface area (Å²) in [4.78, 5) is 27.7. The maximum absolute atomic E-state index is 11.7. The zero-order valence-corrected chi connectivity index (χ0v) is 12.9. The third kappa shape index (κ3) is 4.76. The minimum atomic E-state index is -0.479. The second-order valence-electron chi connectivity index (χ2n) is 3.68. The van der Waals surface area contributed by atoms with Gasteiger partial charge >= 0.3 is 5.97 Å². The number of carbonyl (C=O) groups excluding carboxylic acids is 2. The van der Waals surface area contributed by atoms with Crippen molar-refractivity contribution in [3.63, 3.8) is 0 Å². The summed E-state index contributed by atoms with van der Waals surface area (Å²) in [7, 11) is 0. The molecule has 0 saturated heterocycles. The molecule has 0 spiro atoms. The Morgan fingerprint density at radius 2 is 2.05 bits per heavy atom. The normalized spacial score (nSPS) is 10.1. The molecule has 0 aromatic carbocycles. The summed E-state index contributed by atoms with van der Waals surface area (Å²) in [5.41, 5.74) is 1.56. The molecule has 1 N–H and O–H groups in total. The Balaban J connectivity index is 2.92. The van der Waals surface area contributed by atoms with Crippen molar-refractivity contribution >= 4 is 41.1 Å². The number of pyridine rings is 1. The van der Waals surface area contributed by atoms with Crippen LogP contribution in [0.1, 0.15) is 12.6 Å². The molecule has 0 bridgehead atoms. The first-order chi connectivity index (χ1) is 8.97. The zero-order chi connectivity index (χ0) is 14.4. The summed E-state index contributed by atoms with van der Waals surface area (Å²) >= 11 is 2.99. The second-order valence-corrected chi connectivity index (χ2v) is 5.32. The first kappa shape index (κ1) is 15.8. The number of nitrogens with zero attached hydrogens (tertiary/aromatic N) is 1. The minimum absolute atomic E-state index is 0.287. The third-order valence-corrected chi connectivity index (χ3v) is 3.61. The highest BCUT2D eigenvalue weighted by Crippen LogP contribution is 2.33. The largest absolute Gasteiger partial charge is 0.456 e. The molecule has 0 atom stereocenters. The standard InChI is InChI=1S/C12H16N2O3S2/c1-7-5-9(18-3)11(12(13-7)19-4)14-10(16)6-17-8(2)15/h5H,6H2,1-4H3,(H,14,16). The van der Waals surface area contributed by atoms with E-state index >= 15 is 0 Å². The Hall–Kier alpha value is -1.21. The SMILES string of the molecule is CSc1cc(C)nc(SC)c1NC(=O)COC(C)=O. The Kier molecular flexibility index (Phi) is 6.17. The Labute approximate surface area is 120 Å². The summed E-state index contributed by atoms with van der Waals surface area (Å²) in [5, 5.41) is 3.49. The lowest BCUT2D eigenvalue weighted by Gasteiger charge is -2.13. The van der Waals surface area contributed by atoms with Crippen molar-refractivity contribution < 1.29 is 14.3 Å². The van der Waals surface area contributed by atoms with Crippen LogP contribution in [0.15, 0.2) is 16.0 Å². The molecule has 1 aromatic rings. The number of rotatable bonds is 5. The first-order valence-corrected chi connectivity index (χ1v) is 7.95. The molecule has 0 radical (unpaired) electrons. The number of amides is 1. The fourth-order valence-electron chi connectivity index (χ4n) is 1.38. The number of esters is 1. The fraction of sp³-hybridized carbons (Fsp3) is 0.417. The van der Waals surface area contributed by atoms with Gasteiger partial charge in [-0.3, -0.25) is 9.59 Å². The van der Waals surface area contributed by atoms with E-state index in [2.05, 4.69) is 15.0 Å². The molecule has 0 unspecified atom stereocenters. The van der Waals surface area contributed by atoms with Gasteiger partial charge in [0.05, 0.1) is 5.69 Å². The molecule has 0 aliphatic rings. The van der Waals surface area contributed by atoms with E-state index in [0.717, 1.165) is 15.6 Å². The van der Waals surface area contributed by atoms with Crippen LogP contribution in [-0.2, 0) is 14.3 Å². The maximum atomic E-state index is 11.7. The summed E-state index contributed by atoms with van der Waals surface area (Å²) in [6, 6.07) is 1.91. The average molecular weight is 300 g/mol. The van der Waals surface area contributed by atoms with Gasteiger partial charge in [0.15, 0.2) is 6.61 Å². The molecule has 1 aromatic heterocycles. The van der Waals surface area contributed by atoms with E-state index < -0.39 is 5.97 Å². The summed E-state index contributed by atoms with van der Waals surface area (Å²) in [6.07, 6.45) is 3.83. The maximum Gasteiger partial charge on any atom is 0.303 e. The molecule has 104 valence electrons. The van der Waals surface area contributed by atoms with Crippen LogP contribution in [0.5, 0.6) is 0 Å². The number of hydrogen-bond acceptors (Lipinski definition) is 6. The van der Waals surface area contributed by atoms with E-state index in [-0.39, 0.29) is 12.5 Å². The summed E-state index contributed by atoms with van der Waals surface area (Å²) in [5.74, 6) is -0.848. The van der Waals surface area contributed by atoms with E-state index in [4.69, 9.17) is 0 Å². The highest BCUT2D eigenvalue weighted by Gasteiger charge is 2.14. The molecule has 0 aliphatic carbocycles. The number of thioether (sulfide) groups is 2. The highest BCUT2D eigenvalue weighted by molar-refractivity contribution is 7.99. The monoisotopic (exact) mass is 300 g/mol. The number of aromatic nitrogens is 1. The first-order valence-electron chi connectivity index (χ1n) is 5.50.